The standard InChI is InChI=1S/C11H22O8S2/c1-7(18-20(5,12)13)9-10(17-11(3,4)16-9)8(2)19-21(6,14)15/h7-10H,1-6H3. The molecule has 0 aromatic carbocycles. The fourth-order valence-corrected chi connectivity index (χ4v) is 3.53. The molecule has 0 aromatic heterocycles. The highest BCUT2D eigenvalue weighted by Gasteiger charge is 2.48. The van der Waals surface area contributed by atoms with E-state index in [1.165, 1.54) is 13.8 Å². The predicted molar refractivity (Wildman–Crippen MR) is 74.6 cm³/mol. The van der Waals surface area contributed by atoms with Crippen molar-refractivity contribution in [3.63, 3.8) is 0 Å². The molecule has 0 N–H and O–H groups in total. The molecule has 1 aliphatic rings. The number of ether oxygens (including phenoxy) is 2. The van der Waals surface area contributed by atoms with Gasteiger partial charge in [0.25, 0.3) is 20.2 Å². The monoisotopic (exact) mass is 346 g/mol. The first kappa shape index (κ1) is 18.8. The van der Waals surface area contributed by atoms with Gasteiger partial charge in [0.15, 0.2) is 5.79 Å². The van der Waals surface area contributed by atoms with Gasteiger partial charge in [0.1, 0.15) is 24.4 Å². The SMILES string of the molecule is CC(OS(C)(=O)=O)C1OC(C)(C)OC1C(C)OS(C)(=O)=O. The first-order valence-corrected chi connectivity index (χ1v) is 9.96. The molecule has 0 spiro atoms. The van der Waals surface area contributed by atoms with Crippen LogP contribution in [0, 0.1) is 0 Å². The summed E-state index contributed by atoms with van der Waals surface area (Å²) >= 11 is 0. The van der Waals surface area contributed by atoms with Crippen LogP contribution in [0.4, 0.5) is 0 Å². The zero-order chi connectivity index (χ0) is 16.6. The summed E-state index contributed by atoms with van der Waals surface area (Å²) in [5.74, 6) is -1.00. The quantitative estimate of drug-likeness (QED) is 0.630. The summed E-state index contributed by atoms with van der Waals surface area (Å²) in [6.45, 7) is 6.30. The molecule has 1 rings (SSSR count). The maximum absolute atomic E-state index is 11.2. The number of hydrogen-bond donors (Lipinski definition) is 0. The third-order valence-electron chi connectivity index (χ3n) is 2.74. The Kier molecular flexibility index (Phi) is 5.45. The lowest BCUT2D eigenvalue weighted by Crippen LogP contribution is -2.43. The van der Waals surface area contributed by atoms with Gasteiger partial charge in [0.05, 0.1) is 12.5 Å². The van der Waals surface area contributed by atoms with Gasteiger partial charge < -0.3 is 9.47 Å². The molecular weight excluding hydrogens is 324 g/mol. The maximum atomic E-state index is 11.2. The van der Waals surface area contributed by atoms with E-state index in [-0.39, 0.29) is 0 Å². The zero-order valence-corrected chi connectivity index (χ0v) is 14.5. The minimum atomic E-state index is -3.68. The fourth-order valence-electron chi connectivity index (χ4n) is 2.20. The average Bonchev–Trinajstić information content (AvgIpc) is 2.49. The van der Waals surface area contributed by atoms with Crippen molar-refractivity contribution in [2.24, 2.45) is 0 Å². The summed E-state index contributed by atoms with van der Waals surface area (Å²) in [5, 5.41) is 0. The summed E-state index contributed by atoms with van der Waals surface area (Å²) < 4.78 is 65.9. The molecule has 126 valence electrons. The van der Waals surface area contributed by atoms with Gasteiger partial charge in [-0.1, -0.05) is 0 Å². The Morgan fingerprint density at radius 2 is 1.14 bits per heavy atom. The van der Waals surface area contributed by atoms with Crippen LogP contribution >= 0.6 is 0 Å². The molecular formula is C11H22O8S2. The molecule has 1 saturated heterocycles. The van der Waals surface area contributed by atoms with Gasteiger partial charge in [-0.25, -0.2) is 0 Å². The Hall–Kier alpha value is -0.260. The van der Waals surface area contributed by atoms with Crippen LogP contribution in [-0.4, -0.2) is 59.6 Å². The highest BCUT2D eigenvalue weighted by Crippen LogP contribution is 2.34. The molecule has 8 nitrogen and oxygen atoms in total. The zero-order valence-electron chi connectivity index (χ0n) is 12.9. The first-order chi connectivity index (χ1) is 9.20. The second-order valence-corrected chi connectivity index (χ2v) is 8.78. The van der Waals surface area contributed by atoms with E-state index in [0.29, 0.717) is 0 Å². The Balaban J connectivity index is 2.93. The van der Waals surface area contributed by atoms with E-state index in [9.17, 15) is 16.8 Å². The summed E-state index contributed by atoms with van der Waals surface area (Å²) in [6, 6.07) is 0. The third-order valence-corrected chi connectivity index (χ3v) is 4.05. The van der Waals surface area contributed by atoms with Crippen LogP contribution in [0.25, 0.3) is 0 Å². The Morgan fingerprint density at radius 3 is 1.38 bits per heavy atom. The van der Waals surface area contributed by atoms with Crippen molar-refractivity contribution in [3.8, 4) is 0 Å². The predicted octanol–water partition coefficient (Wildman–Crippen LogP) is 0.236. The van der Waals surface area contributed by atoms with Crippen LogP contribution < -0.4 is 0 Å². The Labute approximate surface area is 126 Å². The smallest absolute Gasteiger partial charge is 0.264 e. The van der Waals surface area contributed by atoms with Crippen LogP contribution in [0.1, 0.15) is 27.7 Å². The van der Waals surface area contributed by atoms with Gasteiger partial charge >= 0.3 is 0 Å². The van der Waals surface area contributed by atoms with Crippen molar-refractivity contribution in [1.82, 2.24) is 0 Å². The van der Waals surface area contributed by atoms with Crippen LogP contribution in [0.3, 0.4) is 0 Å². The lowest BCUT2D eigenvalue weighted by Gasteiger charge is -2.25. The number of rotatable bonds is 6. The van der Waals surface area contributed by atoms with Crippen LogP contribution in [0.2, 0.25) is 0 Å². The maximum Gasteiger partial charge on any atom is 0.264 e. The van der Waals surface area contributed by atoms with Crippen molar-refractivity contribution < 1.29 is 34.7 Å². The van der Waals surface area contributed by atoms with Crippen molar-refractivity contribution in [3.05, 3.63) is 0 Å². The highest BCUT2D eigenvalue weighted by molar-refractivity contribution is 7.86. The molecule has 10 heteroatoms. The van der Waals surface area contributed by atoms with E-state index < -0.39 is 50.4 Å². The topological polar surface area (TPSA) is 105 Å². The van der Waals surface area contributed by atoms with E-state index in [0.717, 1.165) is 12.5 Å². The van der Waals surface area contributed by atoms with Crippen LogP contribution in [-0.2, 0) is 38.1 Å². The minimum Gasteiger partial charge on any atom is -0.342 e. The van der Waals surface area contributed by atoms with Gasteiger partial charge in [-0.05, 0) is 27.7 Å². The fraction of sp³-hybridized carbons (Fsp3) is 1.00. The third kappa shape index (κ3) is 6.17. The largest absolute Gasteiger partial charge is 0.342 e. The van der Waals surface area contributed by atoms with Crippen LogP contribution in [0.5, 0.6) is 0 Å². The second kappa shape index (κ2) is 6.09. The van der Waals surface area contributed by atoms with Crippen molar-refractivity contribution in [2.75, 3.05) is 12.5 Å². The van der Waals surface area contributed by atoms with E-state index in [1.54, 1.807) is 13.8 Å². The van der Waals surface area contributed by atoms with E-state index in [2.05, 4.69) is 0 Å². The van der Waals surface area contributed by atoms with Crippen molar-refractivity contribution in [1.29, 1.82) is 0 Å². The molecule has 0 aromatic rings. The van der Waals surface area contributed by atoms with Crippen molar-refractivity contribution in [2.45, 2.75) is 57.9 Å². The van der Waals surface area contributed by atoms with Gasteiger partial charge in [-0.2, -0.15) is 16.8 Å². The van der Waals surface area contributed by atoms with E-state index >= 15 is 0 Å². The lowest BCUT2D eigenvalue weighted by atomic mass is 10.1. The summed E-state index contributed by atoms with van der Waals surface area (Å²) in [4.78, 5) is 0. The molecule has 4 atom stereocenters. The molecule has 1 heterocycles. The molecule has 0 amide bonds. The lowest BCUT2D eigenvalue weighted by molar-refractivity contribution is -0.157. The van der Waals surface area contributed by atoms with Gasteiger partial charge in [-0.15, -0.1) is 0 Å². The molecule has 0 radical (unpaired) electrons. The molecule has 1 fully saturated rings. The van der Waals surface area contributed by atoms with Crippen molar-refractivity contribution >= 4 is 20.2 Å². The average molecular weight is 346 g/mol. The molecule has 21 heavy (non-hydrogen) atoms. The number of hydrogen-bond acceptors (Lipinski definition) is 8. The Morgan fingerprint density at radius 1 is 0.857 bits per heavy atom. The highest BCUT2D eigenvalue weighted by atomic mass is 32.2. The van der Waals surface area contributed by atoms with E-state index in [1.807, 2.05) is 0 Å². The van der Waals surface area contributed by atoms with E-state index in [4.69, 9.17) is 17.8 Å². The van der Waals surface area contributed by atoms with Gasteiger partial charge in [0, 0.05) is 0 Å². The molecule has 4 unspecified atom stereocenters. The summed E-state index contributed by atoms with van der Waals surface area (Å²) in [7, 11) is -7.35. The molecule has 0 aliphatic carbocycles. The van der Waals surface area contributed by atoms with Gasteiger partial charge in [-0.3, -0.25) is 8.37 Å². The normalized spacial score (nSPS) is 29.2. The first-order valence-electron chi connectivity index (χ1n) is 6.32. The summed E-state index contributed by atoms with van der Waals surface area (Å²) in [6.07, 6.45) is -1.42. The van der Waals surface area contributed by atoms with Gasteiger partial charge in [0.2, 0.25) is 0 Å². The molecule has 0 saturated carbocycles. The second-order valence-electron chi connectivity index (χ2n) is 5.58. The van der Waals surface area contributed by atoms with Crippen LogP contribution in [0.15, 0.2) is 0 Å². The minimum absolute atomic E-state index is 0.786. The Bertz CT molecular complexity index is 515. The molecule has 1 aliphatic heterocycles. The summed E-state index contributed by atoms with van der Waals surface area (Å²) in [5.41, 5.74) is 0. The molecule has 0 bridgehead atoms.